The summed E-state index contributed by atoms with van der Waals surface area (Å²) < 4.78 is 6.45. The van der Waals surface area contributed by atoms with E-state index in [2.05, 4.69) is 35.0 Å². The van der Waals surface area contributed by atoms with Crippen molar-refractivity contribution in [3.05, 3.63) is 53.4 Å². The van der Waals surface area contributed by atoms with Gasteiger partial charge in [0.15, 0.2) is 0 Å². The molecule has 2 N–H and O–H groups in total. The predicted octanol–water partition coefficient (Wildman–Crippen LogP) is 4.23. The number of aromatic hydroxyl groups is 1. The summed E-state index contributed by atoms with van der Waals surface area (Å²) in [6.45, 7) is 0.554. The molecule has 0 atom stereocenters. The monoisotopic (exact) mass is 285 g/mol. The number of hydrogen-bond acceptors (Lipinski definition) is 4. The molecule has 3 aromatic rings. The predicted molar refractivity (Wildman–Crippen MR) is 83.8 cm³/mol. The first-order valence-electron chi connectivity index (χ1n) is 6.33. The summed E-state index contributed by atoms with van der Waals surface area (Å²) >= 11 is 1.73. The summed E-state index contributed by atoms with van der Waals surface area (Å²) in [4.78, 5) is 0. The van der Waals surface area contributed by atoms with Crippen molar-refractivity contribution in [1.29, 1.82) is 0 Å². The van der Waals surface area contributed by atoms with Crippen LogP contribution in [0, 0.1) is 0 Å². The Morgan fingerprint density at radius 3 is 2.90 bits per heavy atom. The fraction of sp³-hybridized carbons (Fsp3) is 0.125. The second-order valence-electron chi connectivity index (χ2n) is 4.52. The van der Waals surface area contributed by atoms with Gasteiger partial charge >= 0.3 is 0 Å². The van der Waals surface area contributed by atoms with Crippen molar-refractivity contribution >= 4 is 27.1 Å². The van der Waals surface area contributed by atoms with Crippen molar-refractivity contribution in [3.8, 4) is 11.5 Å². The molecule has 0 saturated carbocycles. The first-order chi connectivity index (χ1) is 9.76. The molecule has 0 radical (unpaired) electrons. The molecule has 0 fully saturated rings. The lowest BCUT2D eigenvalue weighted by molar-refractivity contribution is 0.411. The number of phenolic OH excluding ortho intramolecular Hbond substituents is 1. The van der Waals surface area contributed by atoms with E-state index in [-0.39, 0.29) is 5.75 Å². The first kappa shape index (κ1) is 12.8. The number of anilines is 1. The van der Waals surface area contributed by atoms with Crippen LogP contribution in [0.2, 0.25) is 0 Å². The lowest BCUT2D eigenvalue weighted by atomic mass is 10.1. The molecule has 0 saturated heterocycles. The topological polar surface area (TPSA) is 41.5 Å². The molecular weight excluding hydrogens is 270 g/mol. The highest BCUT2D eigenvalue weighted by Gasteiger charge is 2.04. The number of fused-ring (bicyclic) bond motifs is 1. The van der Waals surface area contributed by atoms with E-state index in [1.165, 1.54) is 10.1 Å². The summed E-state index contributed by atoms with van der Waals surface area (Å²) in [6, 6.07) is 13.6. The molecule has 3 rings (SSSR count). The van der Waals surface area contributed by atoms with E-state index >= 15 is 0 Å². The molecule has 0 bridgehead atoms. The van der Waals surface area contributed by atoms with Crippen molar-refractivity contribution in [1.82, 2.24) is 0 Å². The van der Waals surface area contributed by atoms with Crippen LogP contribution in [0.3, 0.4) is 0 Å². The maximum atomic E-state index is 9.85. The average Bonchev–Trinajstić information content (AvgIpc) is 2.94. The Hall–Kier alpha value is -2.20. The highest BCUT2D eigenvalue weighted by Crippen LogP contribution is 2.26. The number of ether oxygens (including phenoxy) is 1. The molecule has 0 spiro atoms. The molecule has 0 amide bonds. The fourth-order valence-corrected chi connectivity index (χ4v) is 2.88. The van der Waals surface area contributed by atoms with Crippen LogP contribution in [0.25, 0.3) is 10.1 Å². The Morgan fingerprint density at radius 2 is 2.05 bits per heavy atom. The van der Waals surface area contributed by atoms with Crippen molar-refractivity contribution in [2.45, 2.75) is 6.54 Å². The van der Waals surface area contributed by atoms with Gasteiger partial charge in [-0.15, -0.1) is 11.3 Å². The molecule has 0 unspecified atom stereocenters. The van der Waals surface area contributed by atoms with E-state index < -0.39 is 0 Å². The number of benzene rings is 2. The minimum atomic E-state index is 0.273. The Morgan fingerprint density at radius 1 is 1.15 bits per heavy atom. The number of rotatable bonds is 4. The Bertz CT molecular complexity index is 736. The highest BCUT2D eigenvalue weighted by atomic mass is 32.1. The van der Waals surface area contributed by atoms with Crippen LogP contribution in [0.15, 0.2) is 47.8 Å². The Kier molecular flexibility index (Phi) is 3.48. The number of methoxy groups -OCH3 is 1. The third-order valence-corrected chi connectivity index (χ3v) is 4.12. The van der Waals surface area contributed by atoms with Crippen molar-refractivity contribution < 1.29 is 9.84 Å². The van der Waals surface area contributed by atoms with Gasteiger partial charge in [0.2, 0.25) is 0 Å². The van der Waals surface area contributed by atoms with Gasteiger partial charge in [-0.3, -0.25) is 0 Å². The average molecular weight is 285 g/mol. The molecule has 3 nitrogen and oxygen atoms in total. The highest BCUT2D eigenvalue weighted by molar-refractivity contribution is 7.17. The van der Waals surface area contributed by atoms with Crippen LogP contribution in [0.4, 0.5) is 5.69 Å². The number of phenols is 1. The SMILES string of the molecule is COc1ccc(O)c(CNc2ccc3sccc3c2)c1. The molecule has 1 aromatic heterocycles. The molecular formula is C16H15NO2S. The summed E-state index contributed by atoms with van der Waals surface area (Å²) in [5, 5.41) is 16.5. The molecule has 0 aliphatic carbocycles. The second-order valence-corrected chi connectivity index (χ2v) is 5.47. The Balaban J connectivity index is 1.78. The minimum absolute atomic E-state index is 0.273. The maximum absolute atomic E-state index is 9.85. The van der Waals surface area contributed by atoms with Crippen molar-refractivity contribution in [2.24, 2.45) is 0 Å². The van der Waals surface area contributed by atoms with Crippen LogP contribution >= 0.6 is 11.3 Å². The quantitative estimate of drug-likeness (QED) is 0.754. The van der Waals surface area contributed by atoms with Gasteiger partial charge in [-0.2, -0.15) is 0 Å². The van der Waals surface area contributed by atoms with Crippen LogP contribution < -0.4 is 10.1 Å². The van der Waals surface area contributed by atoms with Gasteiger partial charge in [-0.25, -0.2) is 0 Å². The van der Waals surface area contributed by atoms with E-state index in [1.807, 2.05) is 6.07 Å². The van der Waals surface area contributed by atoms with Gasteiger partial charge in [0.05, 0.1) is 7.11 Å². The lowest BCUT2D eigenvalue weighted by Crippen LogP contribution is -2.00. The number of nitrogens with one attached hydrogen (secondary N) is 1. The summed E-state index contributed by atoms with van der Waals surface area (Å²) in [5.41, 5.74) is 1.85. The van der Waals surface area contributed by atoms with E-state index in [9.17, 15) is 5.11 Å². The molecule has 4 heteroatoms. The zero-order valence-electron chi connectivity index (χ0n) is 11.1. The Labute approximate surface area is 121 Å². The van der Waals surface area contributed by atoms with Gasteiger partial charge < -0.3 is 15.2 Å². The zero-order chi connectivity index (χ0) is 13.9. The smallest absolute Gasteiger partial charge is 0.120 e. The molecule has 1 heterocycles. The fourth-order valence-electron chi connectivity index (χ4n) is 2.10. The number of hydrogen-bond donors (Lipinski definition) is 2. The van der Waals surface area contributed by atoms with Crippen LogP contribution in [0.1, 0.15) is 5.56 Å². The molecule has 0 aliphatic rings. The first-order valence-corrected chi connectivity index (χ1v) is 7.21. The van der Waals surface area contributed by atoms with Crippen molar-refractivity contribution in [3.63, 3.8) is 0 Å². The van der Waals surface area contributed by atoms with E-state index in [4.69, 9.17) is 4.74 Å². The zero-order valence-corrected chi connectivity index (χ0v) is 11.9. The third-order valence-electron chi connectivity index (χ3n) is 3.22. The summed E-state index contributed by atoms with van der Waals surface area (Å²) in [7, 11) is 1.62. The van der Waals surface area contributed by atoms with Gasteiger partial charge in [0.25, 0.3) is 0 Å². The molecule has 0 aliphatic heterocycles. The largest absolute Gasteiger partial charge is 0.508 e. The summed E-state index contributed by atoms with van der Waals surface area (Å²) in [6.07, 6.45) is 0. The van der Waals surface area contributed by atoms with Crippen LogP contribution in [-0.4, -0.2) is 12.2 Å². The standard InChI is InChI=1S/C16H15NO2S/c1-19-14-3-4-15(18)12(9-14)10-17-13-2-5-16-11(8-13)6-7-20-16/h2-9,17-18H,10H2,1H3. The summed E-state index contributed by atoms with van der Waals surface area (Å²) in [5.74, 6) is 1.02. The normalized spacial score (nSPS) is 10.7. The number of thiophene rings is 1. The van der Waals surface area contributed by atoms with Crippen LogP contribution in [0.5, 0.6) is 11.5 Å². The molecule has 102 valence electrons. The minimum Gasteiger partial charge on any atom is -0.508 e. The second kappa shape index (κ2) is 5.43. The van der Waals surface area contributed by atoms with Crippen molar-refractivity contribution in [2.75, 3.05) is 12.4 Å². The molecule has 20 heavy (non-hydrogen) atoms. The van der Waals surface area contributed by atoms with Gasteiger partial charge in [-0.1, -0.05) is 0 Å². The maximum Gasteiger partial charge on any atom is 0.120 e. The molecule has 2 aromatic carbocycles. The lowest BCUT2D eigenvalue weighted by Gasteiger charge is -2.10. The van der Waals surface area contributed by atoms with Gasteiger partial charge in [0.1, 0.15) is 11.5 Å². The third kappa shape index (κ3) is 2.56. The van der Waals surface area contributed by atoms with Crippen LogP contribution in [-0.2, 0) is 6.54 Å². The van der Waals surface area contributed by atoms with E-state index in [1.54, 1.807) is 30.6 Å². The van der Waals surface area contributed by atoms with E-state index in [0.717, 1.165) is 17.0 Å². The van der Waals surface area contributed by atoms with Gasteiger partial charge in [-0.05, 0) is 53.2 Å². The van der Waals surface area contributed by atoms with E-state index in [0.29, 0.717) is 6.54 Å². The van der Waals surface area contributed by atoms with Gasteiger partial charge in [0, 0.05) is 22.5 Å².